The second-order valence-electron chi connectivity index (χ2n) is 5.81. The summed E-state index contributed by atoms with van der Waals surface area (Å²) in [5, 5.41) is 6.26. The van der Waals surface area contributed by atoms with E-state index in [2.05, 4.69) is 15.6 Å². The minimum Gasteiger partial charge on any atom is -0.497 e. The van der Waals surface area contributed by atoms with Crippen molar-refractivity contribution in [2.24, 2.45) is 0 Å². The van der Waals surface area contributed by atoms with Crippen LogP contribution in [0, 0.1) is 0 Å². The topological polar surface area (TPSA) is 68.2 Å². The van der Waals surface area contributed by atoms with Crippen LogP contribution in [0.15, 0.2) is 67.3 Å². The van der Waals surface area contributed by atoms with Crippen LogP contribution in [0.25, 0.3) is 0 Å². The molecule has 3 aromatic rings. The minimum absolute atomic E-state index is 0.145. The fraction of sp³-hybridized carbons (Fsp3) is 0.200. The van der Waals surface area contributed by atoms with Gasteiger partial charge in [-0.2, -0.15) is 0 Å². The van der Waals surface area contributed by atoms with Crippen LogP contribution >= 0.6 is 0 Å². The Morgan fingerprint density at radius 1 is 1.15 bits per heavy atom. The molecule has 0 saturated heterocycles. The molecule has 26 heavy (non-hydrogen) atoms. The maximum atomic E-state index is 12.6. The van der Waals surface area contributed by atoms with Crippen molar-refractivity contribution < 1.29 is 9.53 Å². The number of aromatic nitrogens is 2. The molecule has 1 amide bonds. The number of methoxy groups -OCH3 is 1. The number of ether oxygens (including phenoxy) is 1. The number of hydrogen-bond acceptors (Lipinski definition) is 4. The van der Waals surface area contributed by atoms with Crippen LogP contribution in [0.3, 0.4) is 0 Å². The number of hydrogen-bond donors (Lipinski definition) is 2. The first-order chi connectivity index (χ1) is 12.8. The summed E-state index contributed by atoms with van der Waals surface area (Å²) in [6.07, 6.45) is 6.45. The third kappa shape index (κ3) is 4.63. The van der Waals surface area contributed by atoms with Gasteiger partial charge in [0, 0.05) is 36.9 Å². The van der Waals surface area contributed by atoms with E-state index >= 15 is 0 Å². The first-order valence-electron chi connectivity index (χ1n) is 8.50. The lowest BCUT2D eigenvalue weighted by Gasteiger charge is -2.12. The van der Waals surface area contributed by atoms with Gasteiger partial charge in [-0.1, -0.05) is 12.1 Å². The van der Waals surface area contributed by atoms with Gasteiger partial charge in [-0.15, -0.1) is 0 Å². The Morgan fingerprint density at radius 2 is 1.96 bits per heavy atom. The highest BCUT2D eigenvalue weighted by molar-refractivity contribution is 6.08. The number of anilines is 2. The normalized spacial score (nSPS) is 10.3. The van der Waals surface area contributed by atoms with Crippen molar-refractivity contribution >= 4 is 17.3 Å². The van der Waals surface area contributed by atoms with Crippen molar-refractivity contribution in [1.29, 1.82) is 0 Å². The highest BCUT2D eigenvalue weighted by Crippen LogP contribution is 2.19. The third-order valence-electron chi connectivity index (χ3n) is 3.99. The van der Waals surface area contributed by atoms with Crippen molar-refractivity contribution in [2.45, 2.75) is 13.0 Å². The van der Waals surface area contributed by atoms with Crippen LogP contribution in [0.5, 0.6) is 5.75 Å². The average Bonchev–Trinajstić information content (AvgIpc) is 3.19. The molecule has 3 rings (SSSR count). The first-order valence-corrected chi connectivity index (χ1v) is 8.50. The third-order valence-corrected chi connectivity index (χ3v) is 3.99. The molecule has 6 nitrogen and oxygen atoms in total. The SMILES string of the molecule is COc1ccc(NC(=O)c2ccccc2NCCCn2ccnc2)cc1. The Kier molecular flexibility index (Phi) is 5.88. The monoisotopic (exact) mass is 350 g/mol. The summed E-state index contributed by atoms with van der Waals surface area (Å²) in [6.45, 7) is 1.65. The number of carbonyl (C=O) groups excluding carboxylic acids is 1. The minimum atomic E-state index is -0.145. The van der Waals surface area contributed by atoms with Gasteiger partial charge in [-0.3, -0.25) is 4.79 Å². The molecule has 0 fully saturated rings. The van der Waals surface area contributed by atoms with E-state index in [0.717, 1.165) is 36.6 Å². The number of para-hydroxylation sites is 1. The van der Waals surface area contributed by atoms with E-state index in [1.807, 2.05) is 59.3 Å². The van der Waals surface area contributed by atoms with E-state index in [4.69, 9.17) is 4.74 Å². The Morgan fingerprint density at radius 3 is 2.69 bits per heavy atom. The highest BCUT2D eigenvalue weighted by Gasteiger charge is 2.11. The average molecular weight is 350 g/mol. The second-order valence-corrected chi connectivity index (χ2v) is 5.81. The summed E-state index contributed by atoms with van der Waals surface area (Å²) in [5.74, 6) is 0.607. The van der Waals surface area contributed by atoms with E-state index in [1.54, 1.807) is 19.6 Å². The molecule has 0 saturated carbocycles. The summed E-state index contributed by atoms with van der Waals surface area (Å²) in [6, 6.07) is 14.8. The molecule has 1 heterocycles. The number of amides is 1. The number of carbonyl (C=O) groups is 1. The quantitative estimate of drug-likeness (QED) is 0.609. The Bertz CT molecular complexity index is 829. The smallest absolute Gasteiger partial charge is 0.257 e. The molecule has 0 spiro atoms. The van der Waals surface area contributed by atoms with E-state index in [-0.39, 0.29) is 5.91 Å². The molecule has 0 aliphatic rings. The molecule has 6 heteroatoms. The van der Waals surface area contributed by atoms with Crippen LogP contribution in [-0.4, -0.2) is 29.1 Å². The summed E-state index contributed by atoms with van der Waals surface area (Å²) in [4.78, 5) is 16.6. The lowest BCUT2D eigenvalue weighted by atomic mass is 10.1. The van der Waals surface area contributed by atoms with Crippen LogP contribution in [0.4, 0.5) is 11.4 Å². The van der Waals surface area contributed by atoms with Crippen LogP contribution in [0.1, 0.15) is 16.8 Å². The van der Waals surface area contributed by atoms with Gasteiger partial charge in [0.25, 0.3) is 5.91 Å². The molecule has 0 atom stereocenters. The number of benzene rings is 2. The zero-order valence-corrected chi connectivity index (χ0v) is 14.7. The van der Waals surface area contributed by atoms with Crippen molar-refractivity contribution in [3.8, 4) is 5.75 Å². The van der Waals surface area contributed by atoms with Crippen LogP contribution in [-0.2, 0) is 6.54 Å². The van der Waals surface area contributed by atoms with Crippen molar-refractivity contribution in [1.82, 2.24) is 9.55 Å². The summed E-state index contributed by atoms with van der Waals surface area (Å²) >= 11 is 0. The lowest BCUT2D eigenvalue weighted by Crippen LogP contribution is -2.15. The molecule has 0 radical (unpaired) electrons. The molecule has 2 aromatic carbocycles. The van der Waals surface area contributed by atoms with Crippen molar-refractivity contribution in [3.63, 3.8) is 0 Å². The van der Waals surface area contributed by atoms with Crippen molar-refractivity contribution in [2.75, 3.05) is 24.3 Å². The van der Waals surface area contributed by atoms with Crippen LogP contribution in [0.2, 0.25) is 0 Å². The van der Waals surface area contributed by atoms with Gasteiger partial charge in [0.15, 0.2) is 0 Å². The Labute approximate surface area is 152 Å². The van der Waals surface area contributed by atoms with E-state index < -0.39 is 0 Å². The molecule has 134 valence electrons. The number of imidazole rings is 1. The molecule has 2 N–H and O–H groups in total. The molecule has 0 aliphatic heterocycles. The lowest BCUT2D eigenvalue weighted by molar-refractivity contribution is 0.102. The van der Waals surface area contributed by atoms with Gasteiger partial charge in [0.05, 0.1) is 19.0 Å². The summed E-state index contributed by atoms with van der Waals surface area (Å²) in [7, 11) is 1.61. The summed E-state index contributed by atoms with van der Waals surface area (Å²) < 4.78 is 7.16. The van der Waals surface area contributed by atoms with Gasteiger partial charge in [0.1, 0.15) is 5.75 Å². The predicted molar refractivity (Wildman–Crippen MR) is 103 cm³/mol. The van der Waals surface area contributed by atoms with Gasteiger partial charge in [-0.25, -0.2) is 4.98 Å². The van der Waals surface area contributed by atoms with Gasteiger partial charge < -0.3 is 19.9 Å². The van der Waals surface area contributed by atoms with E-state index in [9.17, 15) is 4.79 Å². The van der Waals surface area contributed by atoms with Gasteiger partial charge in [0.2, 0.25) is 0 Å². The largest absolute Gasteiger partial charge is 0.497 e. The fourth-order valence-corrected chi connectivity index (χ4v) is 2.61. The molecule has 1 aromatic heterocycles. The van der Waals surface area contributed by atoms with Gasteiger partial charge in [-0.05, 0) is 42.8 Å². The molecule has 0 bridgehead atoms. The maximum absolute atomic E-state index is 12.6. The molecule has 0 unspecified atom stereocenters. The predicted octanol–water partition coefficient (Wildman–Crippen LogP) is 3.65. The number of nitrogens with zero attached hydrogens (tertiary/aromatic N) is 2. The van der Waals surface area contributed by atoms with E-state index in [1.165, 1.54) is 0 Å². The number of rotatable bonds is 8. The number of aryl methyl sites for hydroxylation is 1. The Hall–Kier alpha value is -3.28. The van der Waals surface area contributed by atoms with Crippen LogP contribution < -0.4 is 15.4 Å². The number of nitrogens with one attached hydrogen (secondary N) is 2. The standard InChI is InChI=1S/C20H22N4O2/c1-26-17-9-7-16(8-10-17)23-20(25)18-5-2-3-6-19(18)22-11-4-13-24-14-12-21-15-24/h2-3,5-10,12,14-15,22H,4,11,13H2,1H3,(H,23,25). The molecular weight excluding hydrogens is 328 g/mol. The van der Waals surface area contributed by atoms with Gasteiger partial charge >= 0.3 is 0 Å². The zero-order valence-electron chi connectivity index (χ0n) is 14.7. The second kappa shape index (κ2) is 8.71. The zero-order chi connectivity index (χ0) is 18.2. The first kappa shape index (κ1) is 17.5. The Balaban J connectivity index is 1.59. The molecule has 0 aliphatic carbocycles. The molecular formula is C20H22N4O2. The summed E-state index contributed by atoms with van der Waals surface area (Å²) in [5.41, 5.74) is 2.17. The maximum Gasteiger partial charge on any atom is 0.257 e. The van der Waals surface area contributed by atoms with Crippen molar-refractivity contribution in [3.05, 3.63) is 72.8 Å². The van der Waals surface area contributed by atoms with E-state index in [0.29, 0.717) is 5.56 Å². The fourth-order valence-electron chi connectivity index (χ4n) is 2.61. The highest BCUT2D eigenvalue weighted by atomic mass is 16.5.